The van der Waals surface area contributed by atoms with E-state index >= 15 is 0 Å². The lowest BCUT2D eigenvalue weighted by atomic mass is 10.3. The number of amides is 1. The summed E-state index contributed by atoms with van der Waals surface area (Å²) in [6.07, 6.45) is 0.310. The van der Waals surface area contributed by atoms with Gasteiger partial charge >= 0.3 is 5.97 Å². The van der Waals surface area contributed by atoms with Crippen molar-refractivity contribution >= 4 is 11.9 Å². The van der Waals surface area contributed by atoms with Gasteiger partial charge in [-0.05, 0) is 20.4 Å². The molecule has 0 aromatic carbocycles. The second-order valence-electron chi connectivity index (χ2n) is 4.56. The molecule has 19 heavy (non-hydrogen) atoms. The van der Waals surface area contributed by atoms with E-state index in [9.17, 15) is 9.59 Å². The standard InChI is InChI=1S/C14H26N2O3/c1-6-15(9-8-14(18)19-5)11-13(17)16(7-2)10-12(3)4/h3,6-11H2,1-2,4-5H3. The maximum atomic E-state index is 12.1. The van der Waals surface area contributed by atoms with Gasteiger partial charge in [-0.2, -0.15) is 0 Å². The molecule has 0 bridgehead atoms. The van der Waals surface area contributed by atoms with Gasteiger partial charge in [0.1, 0.15) is 0 Å². The predicted molar refractivity (Wildman–Crippen MR) is 75.8 cm³/mol. The Balaban J connectivity index is 4.31. The third-order valence-electron chi connectivity index (χ3n) is 2.86. The van der Waals surface area contributed by atoms with Crippen LogP contribution >= 0.6 is 0 Å². The second kappa shape index (κ2) is 9.55. The van der Waals surface area contributed by atoms with Crippen LogP contribution in [0.15, 0.2) is 12.2 Å². The molecule has 0 saturated heterocycles. The van der Waals surface area contributed by atoms with Crippen LogP contribution in [-0.2, 0) is 14.3 Å². The highest BCUT2D eigenvalue weighted by Crippen LogP contribution is 2.00. The lowest BCUT2D eigenvalue weighted by molar-refractivity contribution is -0.141. The molecule has 0 unspecified atom stereocenters. The summed E-state index contributed by atoms with van der Waals surface area (Å²) in [5.74, 6) is -0.183. The summed E-state index contributed by atoms with van der Waals surface area (Å²) < 4.78 is 4.60. The molecule has 0 radical (unpaired) electrons. The average Bonchev–Trinajstić information content (AvgIpc) is 2.39. The first-order valence-electron chi connectivity index (χ1n) is 6.65. The van der Waals surface area contributed by atoms with Crippen molar-refractivity contribution in [3.8, 4) is 0 Å². The van der Waals surface area contributed by atoms with Crippen LogP contribution in [0.4, 0.5) is 0 Å². The molecule has 0 atom stereocenters. The zero-order valence-corrected chi connectivity index (χ0v) is 12.6. The van der Waals surface area contributed by atoms with Crippen molar-refractivity contribution < 1.29 is 14.3 Å². The van der Waals surface area contributed by atoms with Crippen LogP contribution in [0.1, 0.15) is 27.2 Å². The molecule has 0 saturated carbocycles. The Kier molecular flexibility index (Phi) is 8.87. The van der Waals surface area contributed by atoms with E-state index in [0.29, 0.717) is 32.6 Å². The van der Waals surface area contributed by atoms with Gasteiger partial charge < -0.3 is 9.64 Å². The predicted octanol–water partition coefficient (Wildman–Crippen LogP) is 1.30. The van der Waals surface area contributed by atoms with Gasteiger partial charge in [-0.15, -0.1) is 0 Å². The van der Waals surface area contributed by atoms with Crippen molar-refractivity contribution in [1.82, 2.24) is 9.80 Å². The van der Waals surface area contributed by atoms with Crippen LogP contribution in [0.25, 0.3) is 0 Å². The van der Waals surface area contributed by atoms with Gasteiger partial charge in [0.25, 0.3) is 0 Å². The van der Waals surface area contributed by atoms with Crippen LogP contribution in [-0.4, -0.2) is 61.5 Å². The van der Waals surface area contributed by atoms with Crippen molar-refractivity contribution in [2.24, 2.45) is 0 Å². The van der Waals surface area contributed by atoms with Crippen molar-refractivity contribution in [2.75, 3.05) is 39.8 Å². The molecule has 5 nitrogen and oxygen atoms in total. The lowest BCUT2D eigenvalue weighted by Gasteiger charge is -2.25. The summed E-state index contributed by atoms with van der Waals surface area (Å²) in [6, 6.07) is 0. The largest absolute Gasteiger partial charge is 0.469 e. The number of hydrogen-bond donors (Lipinski definition) is 0. The number of carbonyl (C=O) groups is 2. The monoisotopic (exact) mass is 270 g/mol. The summed E-state index contributed by atoms with van der Waals surface area (Å²) in [7, 11) is 1.37. The van der Waals surface area contributed by atoms with E-state index in [1.165, 1.54) is 7.11 Å². The maximum Gasteiger partial charge on any atom is 0.306 e. The summed E-state index contributed by atoms with van der Waals surface area (Å²) in [4.78, 5) is 26.9. The van der Waals surface area contributed by atoms with E-state index in [1.807, 2.05) is 25.7 Å². The highest BCUT2D eigenvalue weighted by atomic mass is 16.5. The first kappa shape index (κ1) is 17.6. The lowest BCUT2D eigenvalue weighted by Crippen LogP contribution is -2.41. The molecule has 0 spiro atoms. The molecule has 110 valence electrons. The van der Waals surface area contributed by atoms with Gasteiger partial charge in [-0.3, -0.25) is 14.5 Å². The van der Waals surface area contributed by atoms with Gasteiger partial charge in [0.05, 0.1) is 20.1 Å². The molecule has 0 aliphatic heterocycles. The molecule has 0 heterocycles. The van der Waals surface area contributed by atoms with E-state index in [4.69, 9.17) is 0 Å². The third-order valence-corrected chi connectivity index (χ3v) is 2.86. The Hall–Kier alpha value is -1.36. The van der Waals surface area contributed by atoms with Gasteiger partial charge in [0.2, 0.25) is 5.91 Å². The SMILES string of the molecule is C=C(C)CN(CC)C(=O)CN(CC)CCC(=O)OC. The molecule has 0 aliphatic rings. The molecular weight excluding hydrogens is 244 g/mol. The van der Waals surface area contributed by atoms with E-state index in [0.717, 1.165) is 12.1 Å². The highest BCUT2D eigenvalue weighted by Gasteiger charge is 2.16. The summed E-state index contributed by atoms with van der Waals surface area (Å²) >= 11 is 0. The fourth-order valence-electron chi connectivity index (χ4n) is 1.69. The first-order valence-corrected chi connectivity index (χ1v) is 6.65. The number of rotatable bonds is 9. The van der Waals surface area contributed by atoms with E-state index in [-0.39, 0.29) is 11.9 Å². The smallest absolute Gasteiger partial charge is 0.306 e. The zero-order valence-electron chi connectivity index (χ0n) is 12.6. The minimum absolute atomic E-state index is 0.0669. The topological polar surface area (TPSA) is 49.9 Å². The fourth-order valence-corrected chi connectivity index (χ4v) is 1.69. The quantitative estimate of drug-likeness (QED) is 0.468. The summed E-state index contributed by atoms with van der Waals surface area (Å²) in [5, 5.41) is 0. The Labute approximate surface area is 116 Å². The molecule has 0 aliphatic carbocycles. The van der Waals surface area contributed by atoms with Crippen LogP contribution in [0, 0.1) is 0 Å². The third kappa shape index (κ3) is 7.62. The van der Waals surface area contributed by atoms with Gasteiger partial charge in [0.15, 0.2) is 0 Å². The van der Waals surface area contributed by atoms with E-state index in [2.05, 4.69) is 11.3 Å². The average molecular weight is 270 g/mol. The van der Waals surface area contributed by atoms with Crippen molar-refractivity contribution in [2.45, 2.75) is 27.2 Å². The Morgan fingerprint density at radius 3 is 2.21 bits per heavy atom. The molecule has 5 heteroatoms. The molecule has 0 rings (SSSR count). The number of carbonyl (C=O) groups excluding carboxylic acids is 2. The maximum absolute atomic E-state index is 12.1. The molecule has 0 aromatic rings. The molecule has 1 amide bonds. The number of ether oxygens (including phenoxy) is 1. The zero-order chi connectivity index (χ0) is 14.8. The molecule has 0 fully saturated rings. The van der Waals surface area contributed by atoms with E-state index < -0.39 is 0 Å². The van der Waals surface area contributed by atoms with Crippen molar-refractivity contribution in [3.05, 3.63) is 12.2 Å². The van der Waals surface area contributed by atoms with Crippen LogP contribution < -0.4 is 0 Å². The van der Waals surface area contributed by atoms with Crippen LogP contribution in [0.3, 0.4) is 0 Å². The molecule has 0 N–H and O–H groups in total. The Morgan fingerprint density at radius 2 is 1.79 bits per heavy atom. The number of esters is 1. The van der Waals surface area contributed by atoms with Crippen molar-refractivity contribution in [3.63, 3.8) is 0 Å². The Bertz CT molecular complexity index is 316. The van der Waals surface area contributed by atoms with Gasteiger partial charge in [0, 0.05) is 19.6 Å². The number of hydrogen-bond acceptors (Lipinski definition) is 4. The highest BCUT2D eigenvalue weighted by molar-refractivity contribution is 5.78. The van der Waals surface area contributed by atoms with E-state index in [1.54, 1.807) is 4.90 Å². The molecule has 0 aromatic heterocycles. The van der Waals surface area contributed by atoms with Crippen LogP contribution in [0.2, 0.25) is 0 Å². The Morgan fingerprint density at radius 1 is 1.16 bits per heavy atom. The van der Waals surface area contributed by atoms with Gasteiger partial charge in [-0.1, -0.05) is 19.1 Å². The first-order chi connectivity index (χ1) is 8.94. The summed E-state index contributed by atoms with van der Waals surface area (Å²) in [6.45, 7) is 12.5. The second-order valence-corrected chi connectivity index (χ2v) is 4.56. The normalized spacial score (nSPS) is 10.4. The number of likely N-dealkylation sites (N-methyl/N-ethyl adjacent to an activating group) is 2. The minimum Gasteiger partial charge on any atom is -0.469 e. The fraction of sp³-hybridized carbons (Fsp3) is 0.714. The molecular formula is C14H26N2O3. The van der Waals surface area contributed by atoms with Crippen molar-refractivity contribution in [1.29, 1.82) is 0 Å². The minimum atomic E-state index is -0.250. The number of methoxy groups -OCH3 is 1. The van der Waals surface area contributed by atoms with Crippen LogP contribution in [0.5, 0.6) is 0 Å². The van der Waals surface area contributed by atoms with Gasteiger partial charge in [-0.25, -0.2) is 0 Å². The summed E-state index contributed by atoms with van der Waals surface area (Å²) in [5.41, 5.74) is 0.966. The number of nitrogens with zero attached hydrogens (tertiary/aromatic N) is 2.